The Morgan fingerprint density at radius 2 is 1.96 bits per heavy atom. The molecular weight excluding hydrogens is 383 g/mol. The lowest BCUT2D eigenvalue weighted by Gasteiger charge is -2.51. The number of rotatable bonds is 4. The van der Waals surface area contributed by atoms with Gasteiger partial charge < -0.3 is 24.3 Å². The molecule has 1 spiro atoms. The molecule has 0 aromatic heterocycles. The van der Waals surface area contributed by atoms with Crippen LogP contribution < -0.4 is 5.32 Å². The van der Waals surface area contributed by atoms with E-state index in [1.807, 2.05) is 0 Å². The van der Waals surface area contributed by atoms with Crippen molar-refractivity contribution in [2.24, 2.45) is 0 Å². The lowest BCUT2D eigenvalue weighted by molar-refractivity contribution is -0.177. The molecule has 3 rings (SSSR count). The van der Waals surface area contributed by atoms with Gasteiger partial charge in [0.1, 0.15) is 25.8 Å². The molecule has 4 atom stereocenters. The normalized spacial score (nSPS) is 34.7. The van der Waals surface area contributed by atoms with Crippen molar-refractivity contribution in [2.45, 2.75) is 47.5 Å². The molecule has 0 aromatic rings. The van der Waals surface area contributed by atoms with Gasteiger partial charge in [0.25, 0.3) is 0 Å². The maximum Gasteiger partial charge on any atom is 0.471 e. The molecule has 1 N–H and O–H groups in total. The van der Waals surface area contributed by atoms with Crippen LogP contribution in [0, 0.1) is 0 Å². The lowest BCUT2D eigenvalue weighted by Crippen LogP contribution is -2.67. The molecular formula is C14H20F3NO5S2. The summed E-state index contributed by atoms with van der Waals surface area (Å²) in [5, 5.41) is 2.17. The van der Waals surface area contributed by atoms with Gasteiger partial charge in [-0.2, -0.15) is 13.2 Å². The van der Waals surface area contributed by atoms with E-state index in [4.69, 9.17) is 18.9 Å². The molecule has 1 aliphatic carbocycles. The summed E-state index contributed by atoms with van der Waals surface area (Å²) >= 11 is 3.12. The number of halogens is 3. The molecule has 1 saturated carbocycles. The van der Waals surface area contributed by atoms with Crippen molar-refractivity contribution in [3.63, 3.8) is 0 Å². The number of methoxy groups -OCH3 is 1. The van der Waals surface area contributed by atoms with Crippen molar-refractivity contribution >= 4 is 29.4 Å². The first-order chi connectivity index (χ1) is 11.9. The summed E-state index contributed by atoms with van der Waals surface area (Å²) < 4.78 is 59.5. The molecule has 11 heteroatoms. The van der Waals surface area contributed by atoms with Gasteiger partial charge in [-0.15, -0.1) is 23.5 Å². The summed E-state index contributed by atoms with van der Waals surface area (Å²) in [6.45, 7) is 0.0220. The third kappa shape index (κ3) is 4.06. The van der Waals surface area contributed by atoms with Gasteiger partial charge in [0.15, 0.2) is 0 Å². The minimum atomic E-state index is -4.94. The van der Waals surface area contributed by atoms with Crippen molar-refractivity contribution in [2.75, 3.05) is 32.2 Å². The molecule has 2 saturated heterocycles. The molecule has 6 nitrogen and oxygen atoms in total. The van der Waals surface area contributed by atoms with Gasteiger partial charge in [0.05, 0.1) is 16.2 Å². The van der Waals surface area contributed by atoms with Crippen LogP contribution in [-0.2, 0) is 23.7 Å². The van der Waals surface area contributed by atoms with Gasteiger partial charge in [-0.1, -0.05) is 0 Å². The van der Waals surface area contributed by atoms with Crippen LogP contribution in [0.15, 0.2) is 0 Å². The second kappa shape index (κ2) is 7.81. The van der Waals surface area contributed by atoms with E-state index in [9.17, 15) is 18.0 Å². The summed E-state index contributed by atoms with van der Waals surface area (Å²) in [7, 11) is 1.50. The standard InChI is InChI=1S/C14H20F3NO5S2/c1-20-6-21-8-5-13(24-3-2-4-25-13)11(10-9(8)22-7-23-10)18-12(19)14(15,16)17/h8-11H,2-7H2,1H3,(H,18,19)/t8-,9-,10+,11-/m1/s1. The predicted molar refractivity (Wildman–Crippen MR) is 86.2 cm³/mol. The summed E-state index contributed by atoms with van der Waals surface area (Å²) in [5.41, 5.74) is 0. The number of carbonyl (C=O) groups is 1. The van der Waals surface area contributed by atoms with E-state index in [1.165, 1.54) is 7.11 Å². The lowest BCUT2D eigenvalue weighted by atomic mass is 9.86. The van der Waals surface area contributed by atoms with Gasteiger partial charge >= 0.3 is 12.1 Å². The fraction of sp³-hybridized carbons (Fsp3) is 0.929. The first-order valence-electron chi connectivity index (χ1n) is 7.87. The van der Waals surface area contributed by atoms with Crippen LogP contribution in [-0.4, -0.2) is 72.7 Å². The van der Waals surface area contributed by atoms with Crippen LogP contribution in [0.4, 0.5) is 13.2 Å². The van der Waals surface area contributed by atoms with Crippen molar-refractivity contribution in [1.29, 1.82) is 0 Å². The Hall–Kier alpha value is -0.200. The van der Waals surface area contributed by atoms with Gasteiger partial charge in [0.2, 0.25) is 0 Å². The number of amides is 1. The Bertz CT molecular complexity index is 490. The fourth-order valence-electron chi connectivity index (χ4n) is 3.38. The van der Waals surface area contributed by atoms with Crippen LogP contribution in [0.1, 0.15) is 12.8 Å². The van der Waals surface area contributed by atoms with Crippen molar-refractivity contribution in [3.05, 3.63) is 0 Å². The number of hydrogen-bond donors (Lipinski definition) is 1. The monoisotopic (exact) mass is 403 g/mol. The van der Waals surface area contributed by atoms with Crippen LogP contribution in [0.25, 0.3) is 0 Å². The topological polar surface area (TPSA) is 66.0 Å². The van der Waals surface area contributed by atoms with Crippen molar-refractivity contribution in [1.82, 2.24) is 5.32 Å². The van der Waals surface area contributed by atoms with E-state index in [2.05, 4.69) is 5.32 Å². The number of thioether (sulfide) groups is 2. The number of hydrogen-bond acceptors (Lipinski definition) is 7. The van der Waals surface area contributed by atoms with E-state index in [0.717, 1.165) is 17.9 Å². The number of nitrogens with one attached hydrogen (secondary N) is 1. The number of ether oxygens (including phenoxy) is 4. The summed E-state index contributed by atoms with van der Waals surface area (Å²) in [6.07, 6.45) is -5.14. The third-order valence-electron chi connectivity index (χ3n) is 4.42. The highest BCUT2D eigenvalue weighted by Gasteiger charge is 2.60. The minimum Gasteiger partial charge on any atom is -0.359 e. The highest BCUT2D eigenvalue weighted by atomic mass is 32.2. The predicted octanol–water partition coefficient (Wildman–Crippen LogP) is 1.73. The Morgan fingerprint density at radius 1 is 1.28 bits per heavy atom. The third-order valence-corrected chi connectivity index (χ3v) is 7.94. The quantitative estimate of drug-likeness (QED) is 0.717. The highest BCUT2D eigenvalue weighted by molar-refractivity contribution is 8.18. The molecule has 25 heavy (non-hydrogen) atoms. The van der Waals surface area contributed by atoms with Gasteiger partial charge in [-0.25, -0.2) is 0 Å². The van der Waals surface area contributed by atoms with E-state index in [-0.39, 0.29) is 19.7 Å². The van der Waals surface area contributed by atoms with E-state index in [1.54, 1.807) is 23.5 Å². The average molecular weight is 403 g/mol. The zero-order valence-corrected chi connectivity index (χ0v) is 15.2. The Labute approximate surface area is 151 Å². The SMILES string of the molecule is COCO[C@@H]1CC2(SCCCS2)[C@H](NC(=O)C(F)(F)F)[C@H]2OCO[C@@H]21. The second-order valence-corrected chi connectivity index (χ2v) is 9.12. The summed E-state index contributed by atoms with van der Waals surface area (Å²) in [6, 6.07) is -0.813. The van der Waals surface area contributed by atoms with Gasteiger partial charge in [-0.05, 0) is 17.9 Å². The molecule has 2 aliphatic heterocycles. The molecule has 0 unspecified atom stereocenters. The van der Waals surface area contributed by atoms with Gasteiger partial charge in [-0.3, -0.25) is 4.79 Å². The molecule has 0 radical (unpaired) electrons. The van der Waals surface area contributed by atoms with E-state index >= 15 is 0 Å². The van der Waals surface area contributed by atoms with Crippen LogP contribution in [0.3, 0.4) is 0 Å². The highest BCUT2D eigenvalue weighted by Crippen LogP contribution is 2.54. The molecule has 2 heterocycles. The average Bonchev–Trinajstić information content (AvgIpc) is 3.05. The molecule has 144 valence electrons. The van der Waals surface area contributed by atoms with Crippen molar-refractivity contribution in [3.8, 4) is 0 Å². The number of fused-ring (bicyclic) bond motifs is 1. The largest absolute Gasteiger partial charge is 0.471 e. The zero-order chi connectivity index (χ0) is 18.1. The summed E-state index contributed by atoms with van der Waals surface area (Å²) in [5.74, 6) is -0.337. The molecule has 3 aliphatic rings. The summed E-state index contributed by atoms with van der Waals surface area (Å²) in [4.78, 5) is 11.6. The number of alkyl halides is 3. The first-order valence-corrected chi connectivity index (χ1v) is 9.84. The Morgan fingerprint density at radius 3 is 2.60 bits per heavy atom. The first kappa shape index (κ1) is 19.6. The van der Waals surface area contributed by atoms with Crippen LogP contribution in [0.2, 0.25) is 0 Å². The molecule has 0 bridgehead atoms. The second-order valence-electron chi connectivity index (χ2n) is 6.01. The molecule has 1 amide bonds. The minimum absolute atomic E-state index is 0.0357. The van der Waals surface area contributed by atoms with E-state index < -0.39 is 34.4 Å². The smallest absolute Gasteiger partial charge is 0.359 e. The Balaban J connectivity index is 1.86. The van der Waals surface area contributed by atoms with E-state index in [0.29, 0.717) is 6.42 Å². The zero-order valence-electron chi connectivity index (χ0n) is 13.5. The molecule has 3 fully saturated rings. The fourth-order valence-corrected chi connectivity index (χ4v) is 6.97. The number of carbonyl (C=O) groups excluding carboxylic acids is 1. The molecule has 0 aromatic carbocycles. The maximum atomic E-state index is 12.8. The maximum absolute atomic E-state index is 12.8. The Kier molecular flexibility index (Phi) is 6.11. The van der Waals surface area contributed by atoms with Crippen LogP contribution >= 0.6 is 23.5 Å². The van der Waals surface area contributed by atoms with Crippen molar-refractivity contribution < 1.29 is 36.9 Å². The van der Waals surface area contributed by atoms with Gasteiger partial charge in [0, 0.05) is 13.5 Å². The van der Waals surface area contributed by atoms with Crippen LogP contribution in [0.5, 0.6) is 0 Å².